The monoisotopic (exact) mass is 374 g/mol. The minimum atomic E-state index is -3.53. The summed E-state index contributed by atoms with van der Waals surface area (Å²) in [6, 6.07) is 7.32. The highest BCUT2D eigenvalue weighted by atomic mass is 32.2. The van der Waals surface area contributed by atoms with Crippen molar-refractivity contribution in [1.82, 2.24) is 9.46 Å². The fraction of sp³-hybridized carbons (Fsp3) is 0.550. The van der Waals surface area contributed by atoms with Crippen molar-refractivity contribution in [3.63, 3.8) is 0 Å². The van der Waals surface area contributed by atoms with Crippen molar-refractivity contribution >= 4 is 10.0 Å². The lowest BCUT2D eigenvalue weighted by atomic mass is 9.92. The van der Waals surface area contributed by atoms with E-state index in [1.165, 1.54) is 17.5 Å². The fourth-order valence-corrected chi connectivity index (χ4v) is 5.77. The van der Waals surface area contributed by atoms with Crippen LogP contribution >= 0.6 is 0 Å². The van der Waals surface area contributed by atoms with Gasteiger partial charge in [-0.2, -0.15) is 4.31 Å². The Kier molecular flexibility index (Phi) is 4.65. The van der Waals surface area contributed by atoms with Crippen molar-refractivity contribution in [2.45, 2.75) is 69.2 Å². The highest BCUT2D eigenvalue weighted by molar-refractivity contribution is 7.89. The zero-order valence-electron chi connectivity index (χ0n) is 15.4. The molecule has 5 nitrogen and oxygen atoms in total. The van der Waals surface area contributed by atoms with E-state index in [1.807, 2.05) is 18.2 Å². The second-order valence-corrected chi connectivity index (χ2v) is 9.61. The van der Waals surface area contributed by atoms with E-state index in [-0.39, 0.29) is 12.0 Å². The number of aromatic nitrogens is 1. The molecule has 140 valence electrons. The molecule has 26 heavy (non-hydrogen) atoms. The Bertz CT molecular complexity index is 902. The van der Waals surface area contributed by atoms with Gasteiger partial charge in [-0.05, 0) is 67.7 Å². The van der Waals surface area contributed by atoms with Gasteiger partial charge in [0.25, 0.3) is 0 Å². The number of rotatable bonds is 4. The van der Waals surface area contributed by atoms with Gasteiger partial charge in [-0.3, -0.25) is 0 Å². The van der Waals surface area contributed by atoms with E-state index in [4.69, 9.17) is 4.52 Å². The average molecular weight is 375 g/mol. The third-order valence-electron chi connectivity index (χ3n) is 5.60. The van der Waals surface area contributed by atoms with Gasteiger partial charge in [-0.15, -0.1) is 0 Å². The maximum atomic E-state index is 13.3. The average Bonchev–Trinajstić information content (AvgIpc) is 3.30. The molecule has 1 atom stereocenters. The summed E-state index contributed by atoms with van der Waals surface area (Å²) in [4.78, 5) is 0.411. The molecule has 1 fully saturated rings. The Morgan fingerprint density at radius 1 is 1.12 bits per heavy atom. The topological polar surface area (TPSA) is 63.4 Å². The first-order chi connectivity index (χ1) is 12.5. The molecule has 0 spiro atoms. The Hall–Kier alpha value is -1.66. The number of benzene rings is 1. The van der Waals surface area contributed by atoms with Gasteiger partial charge >= 0.3 is 0 Å². The molecular weight excluding hydrogens is 348 g/mol. The molecular formula is C20H26N2O3S. The van der Waals surface area contributed by atoms with Gasteiger partial charge in [0.05, 0.1) is 16.6 Å². The van der Waals surface area contributed by atoms with E-state index in [1.54, 1.807) is 10.4 Å². The maximum Gasteiger partial charge on any atom is 0.243 e. The van der Waals surface area contributed by atoms with Crippen LogP contribution in [0, 0.1) is 0 Å². The fourth-order valence-electron chi connectivity index (χ4n) is 4.05. The Morgan fingerprint density at radius 3 is 2.62 bits per heavy atom. The lowest BCUT2D eigenvalue weighted by Crippen LogP contribution is -2.30. The van der Waals surface area contributed by atoms with Crippen molar-refractivity contribution in [3.8, 4) is 0 Å². The third kappa shape index (κ3) is 3.09. The van der Waals surface area contributed by atoms with Crippen LogP contribution in [0.2, 0.25) is 0 Å². The van der Waals surface area contributed by atoms with Crippen LogP contribution in [0.3, 0.4) is 0 Å². The first-order valence-corrected chi connectivity index (χ1v) is 11.0. The molecule has 4 rings (SSSR count). The molecule has 1 aromatic heterocycles. The maximum absolute atomic E-state index is 13.3. The second kappa shape index (κ2) is 6.82. The Labute approximate surface area is 155 Å². The summed E-state index contributed by atoms with van der Waals surface area (Å²) in [5, 5.41) is 4.11. The summed E-state index contributed by atoms with van der Waals surface area (Å²) in [5.41, 5.74) is 3.36. The van der Waals surface area contributed by atoms with Gasteiger partial charge in [-0.25, -0.2) is 8.42 Å². The number of nitrogens with zero attached hydrogens (tertiary/aromatic N) is 2. The van der Waals surface area contributed by atoms with Crippen molar-refractivity contribution < 1.29 is 12.9 Å². The first-order valence-electron chi connectivity index (χ1n) is 9.57. The summed E-state index contributed by atoms with van der Waals surface area (Å²) >= 11 is 0. The summed E-state index contributed by atoms with van der Waals surface area (Å²) in [5.74, 6) is 0.923. The smallest absolute Gasteiger partial charge is 0.243 e. The van der Waals surface area contributed by atoms with E-state index in [0.29, 0.717) is 17.2 Å². The van der Waals surface area contributed by atoms with E-state index in [0.717, 1.165) is 37.8 Å². The standard InChI is InChI=1S/C20H26N2O3S/c1-14(2)18-13-20(25-21-18)19-8-5-11-22(19)26(23,24)17-10-9-15-6-3-4-7-16(15)12-17/h9-10,12-14,19H,3-8,11H2,1-2H3. The van der Waals surface area contributed by atoms with Crippen molar-refractivity contribution in [2.24, 2.45) is 0 Å². The molecule has 0 amide bonds. The molecule has 0 radical (unpaired) electrons. The highest BCUT2D eigenvalue weighted by Gasteiger charge is 2.38. The zero-order valence-corrected chi connectivity index (χ0v) is 16.3. The molecule has 6 heteroatoms. The Balaban J connectivity index is 1.65. The number of fused-ring (bicyclic) bond motifs is 1. The molecule has 1 aromatic carbocycles. The van der Waals surface area contributed by atoms with E-state index >= 15 is 0 Å². The molecule has 0 bridgehead atoms. The normalized spacial score (nSPS) is 21.3. The summed E-state index contributed by atoms with van der Waals surface area (Å²) < 4.78 is 33.7. The van der Waals surface area contributed by atoms with Crippen LogP contribution in [-0.4, -0.2) is 24.4 Å². The van der Waals surface area contributed by atoms with E-state index < -0.39 is 10.0 Å². The van der Waals surface area contributed by atoms with Crippen LogP contribution in [0.4, 0.5) is 0 Å². The van der Waals surface area contributed by atoms with Crippen molar-refractivity contribution in [3.05, 3.63) is 46.8 Å². The lowest BCUT2D eigenvalue weighted by molar-refractivity contribution is 0.295. The molecule has 1 unspecified atom stereocenters. The van der Waals surface area contributed by atoms with Gasteiger partial charge in [-0.1, -0.05) is 25.1 Å². The van der Waals surface area contributed by atoms with Crippen LogP contribution in [-0.2, 0) is 22.9 Å². The number of hydrogen-bond acceptors (Lipinski definition) is 4. The van der Waals surface area contributed by atoms with Gasteiger partial charge in [0.15, 0.2) is 5.76 Å². The predicted molar refractivity (Wildman–Crippen MR) is 99.5 cm³/mol. The minimum Gasteiger partial charge on any atom is -0.359 e. The lowest BCUT2D eigenvalue weighted by Gasteiger charge is -2.23. The van der Waals surface area contributed by atoms with Gasteiger partial charge < -0.3 is 4.52 Å². The van der Waals surface area contributed by atoms with Crippen LogP contribution in [0.1, 0.15) is 74.1 Å². The minimum absolute atomic E-state index is 0.254. The van der Waals surface area contributed by atoms with E-state index in [2.05, 4.69) is 19.0 Å². The van der Waals surface area contributed by atoms with Crippen molar-refractivity contribution in [2.75, 3.05) is 6.54 Å². The van der Waals surface area contributed by atoms with Crippen molar-refractivity contribution in [1.29, 1.82) is 0 Å². The van der Waals surface area contributed by atoms with Crippen LogP contribution in [0.25, 0.3) is 0 Å². The molecule has 0 saturated carbocycles. The molecule has 1 aliphatic carbocycles. The molecule has 1 aliphatic heterocycles. The number of sulfonamides is 1. The summed E-state index contributed by atoms with van der Waals surface area (Å²) in [6.07, 6.45) is 5.97. The SMILES string of the molecule is CC(C)c1cc(C2CCCN2S(=O)(=O)c2ccc3c(c2)CCCC3)on1. The van der Waals surface area contributed by atoms with Gasteiger partial charge in [0.2, 0.25) is 10.0 Å². The quantitative estimate of drug-likeness (QED) is 0.804. The predicted octanol–water partition coefficient (Wildman–Crippen LogP) is 4.20. The van der Waals surface area contributed by atoms with Crippen LogP contribution < -0.4 is 0 Å². The van der Waals surface area contributed by atoms with Gasteiger partial charge in [0.1, 0.15) is 0 Å². The molecule has 2 aliphatic rings. The Morgan fingerprint density at radius 2 is 1.88 bits per heavy atom. The largest absolute Gasteiger partial charge is 0.359 e. The number of hydrogen-bond donors (Lipinski definition) is 0. The third-order valence-corrected chi connectivity index (χ3v) is 7.50. The van der Waals surface area contributed by atoms with Crippen LogP contribution in [0.5, 0.6) is 0 Å². The summed E-state index contributed by atoms with van der Waals surface area (Å²) in [6.45, 7) is 4.64. The molecule has 2 aromatic rings. The van der Waals surface area contributed by atoms with Gasteiger partial charge in [0, 0.05) is 12.6 Å². The zero-order chi connectivity index (χ0) is 18.3. The second-order valence-electron chi connectivity index (χ2n) is 7.72. The molecule has 1 saturated heterocycles. The van der Waals surface area contributed by atoms with Crippen LogP contribution in [0.15, 0.2) is 33.7 Å². The van der Waals surface area contributed by atoms with E-state index in [9.17, 15) is 8.42 Å². The highest BCUT2D eigenvalue weighted by Crippen LogP contribution is 2.38. The number of aryl methyl sites for hydroxylation is 2. The summed E-state index contributed by atoms with van der Waals surface area (Å²) in [7, 11) is -3.53. The first kappa shape index (κ1) is 17.7. The molecule has 0 N–H and O–H groups in total. The molecule has 2 heterocycles.